The Balaban J connectivity index is 2.87. The summed E-state index contributed by atoms with van der Waals surface area (Å²) in [6.07, 6.45) is 0. The van der Waals surface area contributed by atoms with Crippen LogP contribution < -0.4 is 5.56 Å². The third-order valence-corrected chi connectivity index (χ3v) is 2.98. The van der Waals surface area contributed by atoms with Crippen molar-refractivity contribution >= 4 is 35.4 Å². The summed E-state index contributed by atoms with van der Waals surface area (Å²) in [7, 11) is 0. The van der Waals surface area contributed by atoms with E-state index in [0.29, 0.717) is 15.7 Å². The highest BCUT2D eigenvalue weighted by atomic mass is 35.5. The van der Waals surface area contributed by atoms with Crippen molar-refractivity contribution in [2.75, 3.05) is 0 Å². The number of nitrogens with zero attached hydrogens (tertiary/aromatic N) is 1. The number of halogens is 2. The first-order chi connectivity index (χ1) is 8.00. The van der Waals surface area contributed by atoms with Crippen molar-refractivity contribution < 1.29 is 5.11 Å². The van der Waals surface area contributed by atoms with Crippen molar-refractivity contribution in [2.45, 2.75) is 0 Å². The molecule has 2 aromatic rings. The average molecular weight is 289 g/mol. The van der Waals surface area contributed by atoms with Crippen LogP contribution in [0.15, 0.2) is 29.1 Å². The van der Waals surface area contributed by atoms with E-state index >= 15 is 0 Å². The van der Waals surface area contributed by atoms with Crippen molar-refractivity contribution in [1.82, 2.24) is 9.55 Å². The average Bonchev–Trinajstić information content (AvgIpc) is 2.21. The lowest BCUT2D eigenvalue weighted by Gasteiger charge is -2.12. The van der Waals surface area contributed by atoms with Gasteiger partial charge in [-0.05, 0) is 24.4 Å². The lowest BCUT2D eigenvalue weighted by atomic mass is 10.3. The number of nitrogens with one attached hydrogen (secondary N) is 1. The van der Waals surface area contributed by atoms with E-state index in [1.165, 1.54) is 4.57 Å². The third kappa shape index (κ3) is 2.22. The normalized spacial score (nSPS) is 10.5. The molecule has 4 nitrogen and oxygen atoms in total. The molecule has 0 bridgehead atoms. The number of hydrogen-bond acceptors (Lipinski definition) is 3. The largest absolute Gasteiger partial charge is 0.494 e. The predicted octanol–water partition coefficient (Wildman–Crippen LogP) is 2.91. The van der Waals surface area contributed by atoms with Gasteiger partial charge in [-0.25, -0.2) is 0 Å². The van der Waals surface area contributed by atoms with Crippen molar-refractivity contribution in [3.63, 3.8) is 0 Å². The number of benzene rings is 1. The van der Waals surface area contributed by atoms with E-state index in [0.717, 1.165) is 6.07 Å². The number of para-hydroxylation sites is 1. The fourth-order valence-corrected chi connectivity index (χ4v) is 2.25. The molecule has 7 heteroatoms. The molecular formula is C10H6Cl2N2O2S. The summed E-state index contributed by atoms with van der Waals surface area (Å²) in [4.78, 5) is 13.5. The first kappa shape index (κ1) is 12.2. The van der Waals surface area contributed by atoms with Crippen LogP contribution in [0.4, 0.5) is 0 Å². The fraction of sp³-hybridized carbons (Fsp3) is 0. The van der Waals surface area contributed by atoms with Gasteiger partial charge in [-0.1, -0.05) is 29.3 Å². The highest BCUT2D eigenvalue weighted by Crippen LogP contribution is 2.30. The van der Waals surface area contributed by atoms with Crippen LogP contribution >= 0.6 is 35.4 Å². The van der Waals surface area contributed by atoms with Crippen LogP contribution in [0.5, 0.6) is 5.88 Å². The van der Waals surface area contributed by atoms with Crippen molar-refractivity contribution in [1.29, 1.82) is 0 Å². The zero-order valence-electron chi connectivity index (χ0n) is 8.28. The van der Waals surface area contributed by atoms with E-state index in [2.05, 4.69) is 4.98 Å². The molecule has 0 aliphatic rings. The van der Waals surface area contributed by atoms with Gasteiger partial charge < -0.3 is 5.11 Å². The van der Waals surface area contributed by atoms with E-state index in [1.54, 1.807) is 18.2 Å². The van der Waals surface area contributed by atoms with Gasteiger partial charge in [0.25, 0.3) is 5.56 Å². The summed E-state index contributed by atoms with van der Waals surface area (Å²) in [5, 5.41) is 10.4. The minimum atomic E-state index is -0.494. The monoisotopic (exact) mass is 288 g/mol. The second kappa shape index (κ2) is 4.52. The van der Waals surface area contributed by atoms with Crippen LogP contribution in [0.3, 0.4) is 0 Å². The molecule has 2 N–H and O–H groups in total. The van der Waals surface area contributed by atoms with Crippen molar-refractivity contribution in [3.05, 3.63) is 49.4 Å². The molecule has 0 fully saturated rings. The van der Waals surface area contributed by atoms with Crippen LogP contribution in [0, 0.1) is 4.77 Å². The maximum Gasteiger partial charge on any atom is 0.255 e. The zero-order valence-corrected chi connectivity index (χ0v) is 10.6. The Bertz CT molecular complexity index is 673. The molecule has 1 aromatic carbocycles. The lowest BCUT2D eigenvalue weighted by molar-refractivity contribution is 0.433. The van der Waals surface area contributed by atoms with E-state index in [1.807, 2.05) is 0 Å². The van der Waals surface area contributed by atoms with E-state index < -0.39 is 5.56 Å². The Morgan fingerprint density at radius 1 is 1.29 bits per heavy atom. The topological polar surface area (TPSA) is 58.0 Å². The molecule has 0 atom stereocenters. The predicted molar refractivity (Wildman–Crippen MR) is 68.9 cm³/mol. The number of H-pyrrole nitrogens is 1. The van der Waals surface area contributed by atoms with Crippen LogP contribution in [0.1, 0.15) is 0 Å². The Morgan fingerprint density at radius 2 is 1.88 bits per heavy atom. The number of aromatic hydroxyl groups is 1. The molecule has 0 unspecified atom stereocenters. The molecule has 1 aromatic heterocycles. The van der Waals surface area contributed by atoms with Gasteiger partial charge in [0.15, 0.2) is 4.77 Å². The Morgan fingerprint density at radius 3 is 2.41 bits per heavy atom. The number of aromatic nitrogens is 2. The summed E-state index contributed by atoms with van der Waals surface area (Å²) < 4.78 is 1.21. The van der Waals surface area contributed by atoms with Crippen molar-refractivity contribution in [2.24, 2.45) is 0 Å². The van der Waals surface area contributed by atoms with E-state index in [-0.39, 0.29) is 10.7 Å². The molecule has 0 saturated heterocycles. The summed E-state index contributed by atoms with van der Waals surface area (Å²) in [6.45, 7) is 0. The molecule has 1 heterocycles. The van der Waals surface area contributed by atoms with Crippen LogP contribution in [-0.4, -0.2) is 14.7 Å². The van der Waals surface area contributed by atoms with Gasteiger partial charge in [-0.2, -0.15) is 0 Å². The minimum absolute atomic E-state index is 0.0185. The van der Waals surface area contributed by atoms with Crippen molar-refractivity contribution in [3.8, 4) is 11.6 Å². The summed E-state index contributed by atoms with van der Waals surface area (Å²) in [5.41, 5.74) is -0.165. The highest BCUT2D eigenvalue weighted by Gasteiger charge is 2.12. The van der Waals surface area contributed by atoms with Gasteiger partial charge in [0.05, 0.1) is 21.8 Å². The molecular weight excluding hydrogens is 283 g/mol. The summed E-state index contributed by atoms with van der Waals surface area (Å²) >= 11 is 16.9. The Kier molecular flexibility index (Phi) is 3.24. The molecule has 0 aliphatic heterocycles. The third-order valence-electron chi connectivity index (χ3n) is 2.08. The molecule has 0 spiro atoms. The smallest absolute Gasteiger partial charge is 0.255 e. The Hall–Kier alpha value is -1.30. The molecule has 0 saturated carbocycles. The van der Waals surface area contributed by atoms with Crippen LogP contribution in [-0.2, 0) is 0 Å². The van der Waals surface area contributed by atoms with Gasteiger partial charge in [0.1, 0.15) is 0 Å². The quantitative estimate of drug-likeness (QED) is 0.794. The first-order valence-electron chi connectivity index (χ1n) is 4.50. The lowest BCUT2D eigenvalue weighted by Crippen LogP contribution is -2.11. The highest BCUT2D eigenvalue weighted by molar-refractivity contribution is 7.71. The zero-order chi connectivity index (χ0) is 12.6. The maximum absolute atomic E-state index is 11.1. The standard InChI is InChI=1S/C10H6Cl2N2O2S/c11-5-2-1-3-6(12)9(5)14-8(16)4-7(15)13-10(14)17/h1-4,16H,(H,13,15,17). The van der Waals surface area contributed by atoms with Gasteiger partial charge in [0, 0.05) is 0 Å². The summed E-state index contributed by atoms with van der Waals surface area (Å²) in [6, 6.07) is 5.88. The number of rotatable bonds is 1. The maximum atomic E-state index is 11.1. The Labute approximate surface area is 111 Å². The van der Waals surface area contributed by atoms with E-state index in [9.17, 15) is 9.90 Å². The van der Waals surface area contributed by atoms with Gasteiger partial charge in [0.2, 0.25) is 5.88 Å². The second-order valence-corrected chi connectivity index (χ2v) is 4.40. The molecule has 0 amide bonds. The second-order valence-electron chi connectivity index (χ2n) is 3.20. The van der Waals surface area contributed by atoms with E-state index in [4.69, 9.17) is 35.4 Å². The molecule has 17 heavy (non-hydrogen) atoms. The van der Waals surface area contributed by atoms with Crippen LogP contribution in [0.25, 0.3) is 5.69 Å². The van der Waals surface area contributed by atoms with Gasteiger partial charge in [-0.3, -0.25) is 14.3 Å². The SMILES string of the molecule is O=c1cc(O)n(-c2c(Cl)cccc2Cl)c(=S)[nH]1. The molecule has 0 radical (unpaired) electrons. The number of hydrogen-bond donors (Lipinski definition) is 2. The fourth-order valence-electron chi connectivity index (χ4n) is 1.40. The van der Waals surface area contributed by atoms with Gasteiger partial charge in [-0.15, -0.1) is 0 Å². The minimum Gasteiger partial charge on any atom is -0.494 e. The van der Waals surface area contributed by atoms with Crippen LogP contribution in [0.2, 0.25) is 10.0 Å². The number of aromatic amines is 1. The molecule has 88 valence electrons. The molecule has 2 rings (SSSR count). The summed E-state index contributed by atoms with van der Waals surface area (Å²) in [5.74, 6) is -0.325. The van der Waals surface area contributed by atoms with Gasteiger partial charge >= 0.3 is 0 Å². The first-order valence-corrected chi connectivity index (χ1v) is 5.67. The molecule has 0 aliphatic carbocycles.